The number of nitrogens with zero attached hydrogens (tertiary/aromatic N) is 1. The van der Waals surface area contributed by atoms with Crippen molar-refractivity contribution in [3.05, 3.63) is 64.7 Å². The first-order valence-corrected chi connectivity index (χ1v) is 12.1. The Kier molecular flexibility index (Phi) is 7.41. The minimum Gasteiger partial charge on any atom is -0.489 e. The maximum absolute atomic E-state index is 13.1. The average Bonchev–Trinajstić information content (AvgIpc) is 3.20. The van der Waals surface area contributed by atoms with E-state index in [0.717, 1.165) is 62.9 Å². The van der Waals surface area contributed by atoms with Crippen LogP contribution in [-0.2, 0) is 10.3 Å². The Labute approximate surface area is 211 Å². The Balaban J connectivity index is 0.00000274. The van der Waals surface area contributed by atoms with Crippen LogP contribution >= 0.6 is 24.0 Å². The molecule has 1 saturated heterocycles. The van der Waals surface area contributed by atoms with Gasteiger partial charge in [0.1, 0.15) is 11.9 Å². The minimum atomic E-state index is -0.936. The summed E-state index contributed by atoms with van der Waals surface area (Å²) in [6.07, 6.45) is 5.74. The van der Waals surface area contributed by atoms with E-state index in [-0.39, 0.29) is 41.4 Å². The Morgan fingerprint density at radius 1 is 1.09 bits per heavy atom. The van der Waals surface area contributed by atoms with Crippen molar-refractivity contribution in [2.75, 3.05) is 13.1 Å². The van der Waals surface area contributed by atoms with E-state index in [9.17, 15) is 9.59 Å². The lowest BCUT2D eigenvalue weighted by molar-refractivity contribution is -0.126. The SMILES string of the molecule is Cl.O=C(O)c1ccc(C2(NC(=O)C3CCC(N4CC[C@@H](Oc5cccc(Cl)c5)C4)C3)CC2)cc1. The zero-order chi connectivity index (χ0) is 23.0. The third kappa shape index (κ3) is 5.35. The predicted molar refractivity (Wildman–Crippen MR) is 133 cm³/mol. The second-order valence-electron chi connectivity index (χ2n) is 9.60. The van der Waals surface area contributed by atoms with Crippen molar-refractivity contribution in [1.29, 1.82) is 0 Å². The summed E-state index contributed by atoms with van der Waals surface area (Å²) in [5.41, 5.74) is 0.939. The average molecular weight is 505 g/mol. The number of nitrogens with one attached hydrogen (secondary N) is 1. The molecular weight excluding hydrogens is 475 g/mol. The molecule has 2 aromatic rings. The van der Waals surface area contributed by atoms with Gasteiger partial charge in [-0.1, -0.05) is 29.8 Å². The molecule has 1 heterocycles. The number of carboxylic acid groups (broad SMARTS) is 1. The van der Waals surface area contributed by atoms with Gasteiger partial charge in [-0.2, -0.15) is 0 Å². The van der Waals surface area contributed by atoms with Crippen LogP contribution in [0.15, 0.2) is 48.5 Å². The molecule has 2 saturated carbocycles. The molecule has 8 heteroatoms. The maximum Gasteiger partial charge on any atom is 0.335 e. The van der Waals surface area contributed by atoms with Gasteiger partial charge in [-0.25, -0.2) is 4.79 Å². The number of halogens is 2. The van der Waals surface area contributed by atoms with Crippen molar-refractivity contribution in [3.63, 3.8) is 0 Å². The summed E-state index contributed by atoms with van der Waals surface area (Å²) in [5, 5.41) is 13.1. The number of carbonyl (C=O) groups excluding carboxylic acids is 1. The Hall–Kier alpha value is -2.28. The molecule has 2 aromatic carbocycles. The fourth-order valence-electron chi connectivity index (χ4n) is 5.32. The van der Waals surface area contributed by atoms with E-state index in [4.69, 9.17) is 21.4 Å². The second kappa shape index (κ2) is 10.1. The molecule has 2 N–H and O–H groups in total. The third-order valence-corrected chi connectivity index (χ3v) is 7.60. The molecule has 34 heavy (non-hydrogen) atoms. The molecule has 0 aromatic heterocycles. The van der Waals surface area contributed by atoms with E-state index < -0.39 is 5.97 Å². The zero-order valence-electron chi connectivity index (χ0n) is 18.9. The number of aromatic carboxylic acids is 1. The highest BCUT2D eigenvalue weighted by molar-refractivity contribution is 6.30. The molecule has 3 aliphatic rings. The lowest BCUT2D eigenvalue weighted by Gasteiger charge is -2.25. The highest BCUT2D eigenvalue weighted by Crippen LogP contribution is 2.46. The van der Waals surface area contributed by atoms with Gasteiger partial charge < -0.3 is 15.2 Å². The Morgan fingerprint density at radius 2 is 1.85 bits per heavy atom. The van der Waals surface area contributed by atoms with Crippen LogP contribution in [0, 0.1) is 5.92 Å². The standard InChI is InChI=1S/C26H29ClN2O4.ClH/c27-20-2-1-3-22(15-20)33-23-10-13-29(16-23)21-9-6-18(14-21)24(30)28-26(11-12-26)19-7-4-17(5-8-19)25(31)32;/h1-5,7-8,15,18,21,23H,6,9-14,16H2,(H,28,30)(H,31,32);1H/t18?,21?,23-;/m1./s1. The fraction of sp³-hybridized carbons (Fsp3) is 0.462. The molecule has 0 radical (unpaired) electrons. The molecular formula is C26H30Cl2N2O4. The van der Waals surface area contributed by atoms with E-state index in [1.807, 2.05) is 36.4 Å². The normalized spacial score (nSPS) is 25.4. The first-order chi connectivity index (χ1) is 15.9. The van der Waals surface area contributed by atoms with Crippen LogP contribution in [0.5, 0.6) is 5.75 Å². The van der Waals surface area contributed by atoms with Crippen molar-refractivity contribution in [1.82, 2.24) is 10.2 Å². The Bertz CT molecular complexity index is 1040. The lowest BCUT2D eigenvalue weighted by Crippen LogP contribution is -2.39. The number of likely N-dealkylation sites (tertiary alicyclic amines) is 1. The molecule has 1 aliphatic heterocycles. The molecule has 5 rings (SSSR count). The topological polar surface area (TPSA) is 78.9 Å². The number of hydrogen-bond acceptors (Lipinski definition) is 4. The molecule has 2 unspecified atom stereocenters. The van der Waals surface area contributed by atoms with Gasteiger partial charge in [-0.15, -0.1) is 12.4 Å². The molecule has 1 amide bonds. The molecule has 2 aliphatic carbocycles. The zero-order valence-corrected chi connectivity index (χ0v) is 20.5. The summed E-state index contributed by atoms with van der Waals surface area (Å²) in [6, 6.07) is 14.8. The van der Waals surface area contributed by atoms with Gasteiger partial charge in [-0.05, 0) is 74.4 Å². The summed E-state index contributed by atoms with van der Waals surface area (Å²) < 4.78 is 6.12. The van der Waals surface area contributed by atoms with Crippen LogP contribution in [0.3, 0.4) is 0 Å². The number of hydrogen-bond donors (Lipinski definition) is 2. The highest BCUT2D eigenvalue weighted by Gasteiger charge is 2.47. The highest BCUT2D eigenvalue weighted by atomic mass is 35.5. The minimum absolute atomic E-state index is 0. The van der Waals surface area contributed by atoms with E-state index in [2.05, 4.69) is 10.2 Å². The van der Waals surface area contributed by atoms with Crippen LogP contribution in [0.25, 0.3) is 0 Å². The number of benzene rings is 2. The van der Waals surface area contributed by atoms with Crippen molar-refractivity contribution in [2.45, 2.75) is 56.2 Å². The molecule has 182 valence electrons. The van der Waals surface area contributed by atoms with Gasteiger partial charge in [0.15, 0.2) is 0 Å². The van der Waals surface area contributed by atoms with Crippen molar-refractivity contribution in [2.24, 2.45) is 5.92 Å². The predicted octanol–water partition coefficient (Wildman–Crippen LogP) is 4.89. The van der Waals surface area contributed by atoms with Crippen LogP contribution in [0.2, 0.25) is 5.02 Å². The van der Waals surface area contributed by atoms with Crippen molar-refractivity contribution in [3.8, 4) is 5.75 Å². The summed E-state index contributed by atoms with van der Waals surface area (Å²) in [4.78, 5) is 26.7. The number of ether oxygens (including phenoxy) is 1. The van der Waals surface area contributed by atoms with Crippen LogP contribution in [0.1, 0.15) is 54.4 Å². The quantitative estimate of drug-likeness (QED) is 0.561. The van der Waals surface area contributed by atoms with Crippen LogP contribution in [-0.4, -0.2) is 47.1 Å². The first-order valence-electron chi connectivity index (χ1n) is 11.7. The molecule has 6 nitrogen and oxygen atoms in total. The molecule has 3 fully saturated rings. The van der Waals surface area contributed by atoms with E-state index in [0.29, 0.717) is 11.1 Å². The lowest BCUT2D eigenvalue weighted by atomic mass is 10.0. The van der Waals surface area contributed by atoms with E-state index in [1.165, 1.54) is 0 Å². The van der Waals surface area contributed by atoms with Gasteiger partial charge in [-0.3, -0.25) is 9.69 Å². The number of rotatable bonds is 7. The van der Waals surface area contributed by atoms with Crippen LogP contribution < -0.4 is 10.1 Å². The third-order valence-electron chi connectivity index (χ3n) is 7.36. The number of carbonyl (C=O) groups is 2. The fourth-order valence-corrected chi connectivity index (χ4v) is 5.50. The summed E-state index contributed by atoms with van der Waals surface area (Å²) in [6.45, 7) is 1.87. The van der Waals surface area contributed by atoms with E-state index in [1.54, 1.807) is 12.1 Å². The smallest absolute Gasteiger partial charge is 0.335 e. The van der Waals surface area contributed by atoms with Crippen molar-refractivity contribution < 1.29 is 19.4 Å². The monoisotopic (exact) mass is 504 g/mol. The summed E-state index contributed by atoms with van der Waals surface area (Å²) in [5.74, 6) is 0.0283. The second-order valence-corrected chi connectivity index (χ2v) is 10.0. The van der Waals surface area contributed by atoms with Gasteiger partial charge >= 0.3 is 5.97 Å². The van der Waals surface area contributed by atoms with E-state index >= 15 is 0 Å². The first kappa shape index (κ1) is 24.8. The van der Waals surface area contributed by atoms with Gasteiger partial charge in [0, 0.05) is 30.1 Å². The summed E-state index contributed by atoms with van der Waals surface area (Å²) in [7, 11) is 0. The Morgan fingerprint density at radius 3 is 2.53 bits per heavy atom. The van der Waals surface area contributed by atoms with Gasteiger partial charge in [0.2, 0.25) is 5.91 Å². The summed E-state index contributed by atoms with van der Waals surface area (Å²) >= 11 is 6.07. The van der Waals surface area contributed by atoms with Gasteiger partial charge in [0.25, 0.3) is 0 Å². The molecule has 0 bridgehead atoms. The number of amides is 1. The maximum atomic E-state index is 13.1. The molecule has 3 atom stereocenters. The molecule has 0 spiro atoms. The number of carboxylic acids is 1. The largest absolute Gasteiger partial charge is 0.489 e. The van der Waals surface area contributed by atoms with Crippen LogP contribution in [0.4, 0.5) is 0 Å². The van der Waals surface area contributed by atoms with Gasteiger partial charge in [0.05, 0.1) is 11.1 Å². The van der Waals surface area contributed by atoms with Crippen molar-refractivity contribution >= 4 is 35.9 Å².